The second-order valence-corrected chi connectivity index (χ2v) is 3.51. The molecular formula is C9H11ClN6O2. The lowest BCUT2D eigenvalue weighted by Gasteiger charge is -2.05. The van der Waals surface area contributed by atoms with Crippen LogP contribution in [0, 0.1) is 0 Å². The van der Waals surface area contributed by atoms with Gasteiger partial charge in [0.2, 0.25) is 17.6 Å². The van der Waals surface area contributed by atoms with Gasteiger partial charge in [-0.25, -0.2) is 0 Å². The van der Waals surface area contributed by atoms with Crippen LogP contribution in [0.15, 0.2) is 10.9 Å². The summed E-state index contributed by atoms with van der Waals surface area (Å²) >= 11 is 5.74. The van der Waals surface area contributed by atoms with Crippen molar-refractivity contribution in [2.45, 2.75) is 13.3 Å². The highest BCUT2D eigenvalue weighted by molar-refractivity contribution is 6.28. The molecule has 2 aromatic heterocycles. The minimum Gasteiger partial charge on any atom is -0.464 e. The van der Waals surface area contributed by atoms with Gasteiger partial charge in [-0.05, 0) is 18.5 Å². The molecule has 0 aliphatic heterocycles. The Morgan fingerprint density at radius 1 is 1.39 bits per heavy atom. The molecule has 2 heterocycles. The van der Waals surface area contributed by atoms with Gasteiger partial charge in [0.15, 0.2) is 5.82 Å². The van der Waals surface area contributed by atoms with Gasteiger partial charge in [-0.1, -0.05) is 5.16 Å². The van der Waals surface area contributed by atoms with Crippen molar-refractivity contribution in [2.75, 3.05) is 18.5 Å². The number of nitrogens with zero attached hydrogens (tertiary/aromatic N) is 5. The highest BCUT2D eigenvalue weighted by atomic mass is 35.5. The van der Waals surface area contributed by atoms with Crippen LogP contribution in [0.1, 0.15) is 12.7 Å². The summed E-state index contributed by atoms with van der Waals surface area (Å²) in [4.78, 5) is 15.7. The molecule has 18 heavy (non-hydrogen) atoms. The summed E-state index contributed by atoms with van der Waals surface area (Å²) in [5.41, 5.74) is 0. The van der Waals surface area contributed by atoms with Crippen molar-refractivity contribution >= 4 is 17.5 Å². The molecule has 1 N–H and O–H groups in total. The van der Waals surface area contributed by atoms with Crippen molar-refractivity contribution in [1.82, 2.24) is 25.1 Å². The molecule has 2 rings (SSSR count). The zero-order chi connectivity index (χ0) is 12.8. The van der Waals surface area contributed by atoms with Gasteiger partial charge in [-0.2, -0.15) is 19.9 Å². The molecule has 2 aromatic rings. The largest absolute Gasteiger partial charge is 0.464 e. The van der Waals surface area contributed by atoms with E-state index in [1.54, 1.807) is 0 Å². The van der Waals surface area contributed by atoms with Crippen LogP contribution in [0.5, 0.6) is 6.01 Å². The fourth-order valence-corrected chi connectivity index (χ4v) is 1.35. The van der Waals surface area contributed by atoms with E-state index in [2.05, 4.69) is 34.9 Å². The topological polar surface area (TPSA) is 98.9 Å². The second-order valence-electron chi connectivity index (χ2n) is 3.17. The van der Waals surface area contributed by atoms with Crippen molar-refractivity contribution in [3.8, 4) is 6.01 Å². The standard InChI is InChI=1S/C9H11ClN6O2/c1-2-17-9-14-7(10)13-8(15-9)11-4-3-6-12-5-18-16-6/h5H,2-4H2,1H3,(H,11,13,14,15). The minimum absolute atomic E-state index is 0.0792. The molecule has 0 atom stereocenters. The summed E-state index contributed by atoms with van der Waals surface area (Å²) in [5, 5.41) is 6.74. The predicted molar refractivity (Wildman–Crippen MR) is 62.5 cm³/mol. The van der Waals surface area contributed by atoms with Gasteiger partial charge in [-0.15, -0.1) is 0 Å². The van der Waals surface area contributed by atoms with E-state index in [1.165, 1.54) is 6.39 Å². The summed E-state index contributed by atoms with van der Waals surface area (Å²) in [5.74, 6) is 0.953. The number of rotatable bonds is 6. The Kier molecular flexibility index (Phi) is 4.24. The molecule has 0 radical (unpaired) electrons. The highest BCUT2D eigenvalue weighted by Crippen LogP contribution is 2.11. The third-order valence-corrected chi connectivity index (χ3v) is 2.07. The number of hydrogen-bond acceptors (Lipinski definition) is 8. The maximum Gasteiger partial charge on any atom is 0.322 e. The van der Waals surface area contributed by atoms with Crippen LogP contribution < -0.4 is 10.1 Å². The molecule has 9 heteroatoms. The van der Waals surface area contributed by atoms with Crippen LogP contribution in [0.25, 0.3) is 0 Å². The van der Waals surface area contributed by atoms with Crippen LogP contribution in [0.3, 0.4) is 0 Å². The van der Waals surface area contributed by atoms with Crippen molar-refractivity contribution < 1.29 is 9.26 Å². The molecule has 8 nitrogen and oxygen atoms in total. The van der Waals surface area contributed by atoms with E-state index in [-0.39, 0.29) is 11.3 Å². The Labute approximate surface area is 108 Å². The zero-order valence-corrected chi connectivity index (χ0v) is 10.4. The van der Waals surface area contributed by atoms with Crippen LogP contribution >= 0.6 is 11.6 Å². The number of nitrogens with one attached hydrogen (secondary N) is 1. The van der Waals surface area contributed by atoms with Crippen molar-refractivity contribution in [3.63, 3.8) is 0 Å². The van der Waals surface area contributed by atoms with E-state index in [0.717, 1.165) is 0 Å². The first-order valence-corrected chi connectivity index (χ1v) is 5.69. The fraction of sp³-hybridized carbons (Fsp3) is 0.444. The van der Waals surface area contributed by atoms with E-state index < -0.39 is 0 Å². The molecule has 0 unspecified atom stereocenters. The number of aromatic nitrogens is 5. The van der Waals surface area contributed by atoms with Crippen molar-refractivity contribution in [1.29, 1.82) is 0 Å². The van der Waals surface area contributed by atoms with Gasteiger partial charge in [0.25, 0.3) is 0 Å². The molecule has 0 bridgehead atoms. The second kappa shape index (κ2) is 6.10. The van der Waals surface area contributed by atoms with Gasteiger partial charge < -0.3 is 14.6 Å². The lowest BCUT2D eigenvalue weighted by molar-refractivity contribution is 0.312. The summed E-state index contributed by atoms with van der Waals surface area (Å²) in [6.45, 7) is 2.84. The predicted octanol–water partition coefficient (Wildman–Crippen LogP) is 0.961. The van der Waals surface area contributed by atoms with E-state index in [9.17, 15) is 0 Å². The highest BCUT2D eigenvalue weighted by Gasteiger charge is 2.05. The SMILES string of the molecule is CCOc1nc(Cl)nc(NCCc2ncon2)n1. The number of ether oxygens (including phenoxy) is 1. The summed E-state index contributed by atoms with van der Waals surface area (Å²) in [6.07, 6.45) is 1.87. The van der Waals surface area contributed by atoms with Gasteiger partial charge in [-0.3, -0.25) is 0 Å². The Balaban J connectivity index is 1.92. The van der Waals surface area contributed by atoms with Crippen LogP contribution in [0.4, 0.5) is 5.95 Å². The molecule has 0 aromatic carbocycles. The number of anilines is 1. The molecule has 0 fully saturated rings. The van der Waals surface area contributed by atoms with Gasteiger partial charge >= 0.3 is 6.01 Å². The lowest BCUT2D eigenvalue weighted by atomic mass is 10.4. The molecule has 0 saturated carbocycles. The number of halogens is 1. The Morgan fingerprint density at radius 3 is 3.00 bits per heavy atom. The van der Waals surface area contributed by atoms with Gasteiger partial charge in [0, 0.05) is 13.0 Å². The first kappa shape index (κ1) is 12.5. The van der Waals surface area contributed by atoms with E-state index in [0.29, 0.717) is 31.3 Å². The Hall–Kier alpha value is -1.96. The van der Waals surface area contributed by atoms with E-state index in [4.69, 9.17) is 16.3 Å². The monoisotopic (exact) mass is 270 g/mol. The molecule has 0 saturated heterocycles. The molecule has 0 aliphatic rings. The Bertz CT molecular complexity index is 492. The van der Waals surface area contributed by atoms with Crippen molar-refractivity contribution in [3.05, 3.63) is 17.5 Å². The molecule has 0 spiro atoms. The van der Waals surface area contributed by atoms with Crippen LogP contribution in [-0.4, -0.2) is 38.2 Å². The zero-order valence-electron chi connectivity index (χ0n) is 9.63. The average Bonchev–Trinajstić information content (AvgIpc) is 2.82. The smallest absolute Gasteiger partial charge is 0.322 e. The van der Waals surface area contributed by atoms with Gasteiger partial charge in [0.05, 0.1) is 6.61 Å². The van der Waals surface area contributed by atoms with E-state index in [1.807, 2.05) is 6.92 Å². The lowest BCUT2D eigenvalue weighted by Crippen LogP contribution is -2.10. The summed E-state index contributed by atoms with van der Waals surface area (Å²) < 4.78 is 9.77. The normalized spacial score (nSPS) is 10.3. The maximum atomic E-state index is 5.74. The fourth-order valence-electron chi connectivity index (χ4n) is 1.19. The summed E-state index contributed by atoms with van der Waals surface area (Å²) in [6, 6.07) is 0.194. The molecule has 96 valence electrons. The third kappa shape index (κ3) is 3.52. The first-order valence-electron chi connectivity index (χ1n) is 5.31. The minimum atomic E-state index is 0.0792. The van der Waals surface area contributed by atoms with Crippen LogP contribution in [0.2, 0.25) is 5.28 Å². The van der Waals surface area contributed by atoms with Crippen molar-refractivity contribution in [2.24, 2.45) is 0 Å². The average molecular weight is 271 g/mol. The quantitative estimate of drug-likeness (QED) is 0.829. The third-order valence-electron chi connectivity index (χ3n) is 1.90. The maximum absolute atomic E-state index is 5.74. The Morgan fingerprint density at radius 2 is 2.28 bits per heavy atom. The number of hydrogen-bond donors (Lipinski definition) is 1. The molecular weight excluding hydrogens is 260 g/mol. The first-order chi connectivity index (χ1) is 8.78. The van der Waals surface area contributed by atoms with E-state index >= 15 is 0 Å². The summed E-state index contributed by atoms with van der Waals surface area (Å²) in [7, 11) is 0. The van der Waals surface area contributed by atoms with Gasteiger partial charge in [0.1, 0.15) is 0 Å². The molecule has 0 aliphatic carbocycles. The molecule has 0 amide bonds. The van der Waals surface area contributed by atoms with Crippen LogP contribution in [-0.2, 0) is 6.42 Å².